The fraction of sp³-hybridized carbons (Fsp3) is 0.529. The second kappa shape index (κ2) is 5.54. The average molecular weight is 314 g/mol. The molecule has 22 heavy (non-hydrogen) atoms. The molecule has 0 radical (unpaired) electrons. The Kier molecular flexibility index (Phi) is 3.53. The first kappa shape index (κ1) is 14.0. The Morgan fingerprint density at radius 2 is 2.05 bits per heavy atom. The summed E-state index contributed by atoms with van der Waals surface area (Å²) in [5.41, 5.74) is 2.25. The van der Waals surface area contributed by atoms with Crippen LogP contribution in [0.1, 0.15) is 32.6 Å². The lowest BCUT2D eigenvalue weighted by atomic mass is 9.86. The molecule has 2 aromatic rings. The molecule has 0 saturated heterocycles. The largest absolute Gasteiger partial charge is 0.359 e. The normalized spacial score (nSPS) is 24.5. The summed E-state index contributed by atoms with van der Waals surface area (Å²) in [5, 5.41) is 4.44. The molecule has 1 aliphatic heterocycles. The maximum atomic E-state index is 5.69. The zero-order chi connectivity index (χ0) is 15.1. The Morgan fingerprint density at radius 3 is 2.91 bits per heavy atom. The van der Waals surface area contributed by atoms with Gasteiger partial charge in [0.1, 0.15) is 0 Å². The smallest absolute Gasteiger partial charge is 0.213 e. The Morgan fingerprint density at radius 1 is 1.23 bits per heavy atom. The van der Waals surface area contributed by atoms with Crippen molar-refractivity contribution in [1.82, 2.24) is 14.9 Å². The third kappa shape index (κ3) is 2.28. The maximum Gasteiger partial charge on any atom is 0.213 e. The van der Waals surface area contributed by atoms with Crippen LogP contribution in [0, 0.1) is 5.92 Å². The second-order valence-electron chi connectivity index (χ2n) is 6.52. The quantitative estimate of drug-likeness (QED) is 0.819. The highest BCUT2D eigenvalue weighted by molar-refractivity contribution is 7.80. The number of imidazole rings is 1. The van der Waals surface area contributed by atoms with E-state index in [0.29, 0.717) is 12.0 Å². The summed E-state index contributed by atoms with van der Waals surface area (Å²) in [6.07, 6.45) is 5.19. The van der Waals surface area contributed by atoms with Crippen molar-refractivity contribution >= 4 is 34.3 Å². The summed E-state index contributed by atoms with van der Waals surface area (Å²) in [5.74, 6) is 1.69. The lowest BCUT2D eigenvalue weighted by molar-refractivity contribution is 0.309. The van der Waals surface area contributed by atoms with Gasteiger partial charge in [0, 0.05) is 19.1 Å². The van der Waals surface area contributed by atoms with Gasteiger partial charge >= 0.3 is 0 Å². The van der Waals surface area contributed by atoms with Gasteiger partial charge in [0.2, 0.25) is 5.95 Å². The molecule has 1 aromatic heterocycles. The van der Waals surface area contributed by atoms with Gasteiger partial charge in [-0.05, 0) is 43.1 Å². The monoisotopic (exact) mass is 314 g/mol. The van der Waals surface area contributed by atoms with Gasteiger partial charge in [-0.15, -0.1) is 0 Å². The molecule has 2 heterocycles. The van der Waals surface area contributed by atoms with Crippen LogP contribution in [0.3, 0.4) is 0 Å². The summed E-state index contributed by atoms with van der Waals surface area (Å²) in [7, 11) is 0. The molecule has 116 valence electrons. The molecule has 4 rings (SSSR count). The second-order valence-corrected chi connectivity index (χ2v) is 6.91. The zero-order valence-corrected chi connectivity index (χ0v) is 13.8. The zero-order valence-electron chi connectivity index (χ0n) is 13.0. The van der Waals surface area contributed by atoms with E-state index >= 15 is 0 Å². The van der Waals surface area contributed by atoms with E-state index in [1.165, 1.54) is 31.2 Å². The Bertz CT molecular complexity index is 708. The van der Waals surface area contributed by atoms with E-state index in [2.05, 4.69) is 39.9 Å². The number of hydrogen-bond donors (Lipinski definition) is 1. The predicted octanol–water partition coefficient (Wildman–Crippen LogP) is 3.31. The van der Waals surface area contributed by atoms with Crippen molar-refractivity contribution in [3.63, 3.8) is 0 Å². The van der Waals surface area contributed by atoms with Crippen LogP contribution >= 0.6 is 12.2 Å². The topological polar surface area (TPSA) is 33.1 Å². The van der Waals surface area contributed by atoms with Crippen LogP contribution in [0.25, 0.3) is 11.0 Å². The van der Waals surface area contributed by atoms with E-state index in [9.17, 15) is 0 Å². The molecule has 1 fully saturated rings. The standard InChI is InChI=1S/C17H22N4S/c1-12-6-2-3-7-13(12)19-17(22)21-11-10-20-15-9-5-4-8-14(15)18-16(20)21/h4-5,8-9,12-13H,2-3,6-7,10-11H2,1H3,(H,19,22)/t12-,13+/m0/s1. The Hall–Kier alpha value is -1.62. The molecule has 4 nitrogen and oxygen atoms in total. The highest BCUT2D eigenvalue weighted by Crippen LogP contribution is 2.28. The lowest BCUT2D eigenvalue weighted by Crippen LogP contribution is -2.47. The third-order valence-electron chi connectivity index (χ3n) is 5.09. The van der Waals surface area contributed by atoms with E-state index in [-0.39, 0.29) is 0 Å². The van der Waals surface area contributed by atoms with E-state index < -0.39 is 0 Å². The van der Waals surface area contributed by atoms with Gasteiger partial charge in [0.25, 0.3) is 0 Å². The molecule has 0 spiro atoms. The minimum absolute atomic E-state index is 0.514. The molecule has 0 amide bonds. The molecular weight excluding hydrogens is 292 g/mol. The van der Waals surface area contributed by atoms with Crippen molar-refractivity contribution in [2.75, 3.05) is 11.4 Å². The minimum atomic E-state index is 0.514. The number of para-hydroxylation sites is 2. The van der Waals surface area contributed by atoms with Gasteiger partial charge in [0.15, 0.2) is 5.11 Å². The number of nitrogens with one attached hydrogen (secondary N) is 1. The van der Waals surface area contributed by atoms with Crippen molar-refractivity contribution in [2.45, 2.75) is 45.2 Å². The molecule has 1 aromatic carbocycles. The lowest BCUT2D eigenvalue weighted by Gasteiger charge is -2.32. The van der Waals surface area contributed by atoms with Crippen LogP contribution in [-0.4, -0.2) is 27.3 Å². The Balaban J connectivity index is 1.56. The highest BCUT2D eigenvalue weighted by Gasteiger charge is 2.29. The van der Waals surface area contributed by atoms with E-state index in [1.807, 2.05) is 6.07 Å². The first-order valence-electron chi connectivity index (χ1n) is 8.27. The van der Waals surface area contributed by atoms with Crippen LogP contribution in [-0.2, 0) is 6.54 Å². The summed E-state index contributed by atoms with van der Waals surface area (Å²) >= 11 is 5.69. The van der Waals surface area contributed by atoms with Gasteiger partial charge < -0.3 is 9.88 Å². The molecule has 0 unspecified atom stereocenters. The van der Waals surface area contributed by atoms with Gasteiger partial charge in [-0.25, -0.2) is 4.98 Å². The number of thiocarbonyl (C=S) groups is 1. The summed E-state index contributed by atoms with van der Waals surface area (Å²) in [4.78, 5) is 6.93. The summed E-state index contributed by atoms with van der Waals surface area (Å²) in [6, 6.07) is 8.82. The highest BCUT2D eigenvalue weighted by atomic mass is 32.1. The van der Waals surface area contributed by atoms with Crippen molar-refractivity contribution < 1.29 is 0 Å². The molecule has 2 aliphatic rings. The van der Waals surface area contributed by atoms with Crippen molar-refractivity contribution in [2.24, 2.45) is 5.92 Å². The van der Waals surface area contributed by atoms with Crippen LogP contribution in [0.2, 0.25) is 0 Å². The molecule has 1 saturated carbocycles. The van der Waals surface area contributed by atoms with Crippen LogP contribution in [0.15, 0.2) is 24.3 Å². The van der Waals surface area contributed by atoms with Crippen molar-refractivity contribution in [3.05, 3.63) is 24.3 Å². The molecule has 2 atom stereocenters. The van der Waals surface area contributed by atoms with E-state index in [1.54, 1.807) is 0 Å². The molecular formula is C17H22N4S. The molecule has 1 aliphatic carbocycles. The summed E-state index contributed by atoms with van der Waals surface area (Å²) in [6.45, 7) is 4.21. The number of hydrogen-bond acceptors (Lipinski definition) is 2. The van der Waals surface area contributed by atoms with Crippen LogP contribution < -0.4 is 10.2 Å². The van der Waals surface area contributed by atoms with E-state index in [0.717, 1.165) is 29.7 Å². The number of benzene rings is 1. The van der Waals surface area contributed by atoms with Crippen LogP contribution in [0.5, 0.6) is 0 Å². The summed E-state index contributed by atoms with van der Waals surface area (Å²) < 4.78 is 2.27. The van der Waals surface area contributed by atoms with Gasteiger partial charge in [-0.1, -0.05) is 31.9 Å². The third-order valence-corrected chi connectivity index (χ3v) is 5.43. The van der Waals surface area contributed by atoms with E-state index in [4.69, 9.17) is 17.2 Å². The minimum Gasteiger partial charge on any atom is -0.359 e. The van der Waals surface area contributed by atoms with Gasteiger partial charge in [-0.2, -0.15) is 0 Å². The first-order valence-corrected chi connectivity index (χ1v) is 8.68. The molecule has 1 N–H and O–H groups in total. The van der Waals surface area contributed by atoms with Crippen molar-refractivity contribution in [3.8, 4) is 0 Å². The first-order chi connectivity index (χ1) is 10.7. The predicted molar refractivity (Wildman–Crippen MR) is 94.2 cm³/mol. The number of anilines is 1. The number of nitrogens with zero attached hydrogens (tertiary/aromatic N) is 3. The molecule has 5 heteroatoms. The fourth-order valence-corrected chi connectivity index (χ4v) is 4.07. The van der Waals surface area contributed by atoms with Gasteiger partial charge in [-0.3, -0.25) is 4.90 Å². The fourth-order valence-electron chi connectivity index (χ4n) is 3.75. The number of aromatic nitrogens is 2. The SMILES string of the molecule is C[C@H]1CCCC[C@H]1NC(=S)N1CCn2c1nc1ccccc12. The van der Waals surface area contributed by atoms with Gasteiger partial charge in [0.05, 0.1) is 11.0 Å². The van der Waals surface area contributed by atoms with Crippen LogP contribution in [0.4, 0.5) is 5.95 Å². The molecule has 0 bridgehead atoms. The number of rotatable bonds is 1. The average Bonchev–Trinajstić information content (AvgIpc) is 3.08. The van der Waals surface area contributed by atoms with Crippen molar-refractivity contribution in [1.29, 1.82) is 0 Å². The Labute approximate surface area is 136 Å². The number of fused-ring (bicyclic) bond motifs is 3. The maximum absolute atomic E-state index is 5.69.